The number of aromatic nitrogens is 2. The van der Waals surface area contributed by atoms with Crippen molar-refractivity contribution >= 4 is 39.1 Å². The quantitative estimate of drug-likeness (QED) is 0.317. The molecule has 0 atom stereocenters. The third-order valence-electron chi connectivity index (χ3n) is 3.38. The van der Waals surface area contributed by atoms with Gasteiger partial charge in [0.1, 0.15) is 10.6 Å². The van der Waals surface area contributed by atoms with E-state index in [1.807, 2.05) is 5.38 Å². The van der Waals surface area contributed by atoms with Gasteiger partial charge < -0.3 is 5.11 Å². The van der Waals surface area contributed by atoms with Crippen LogP contribution in [0.25, 0.3) is 10.2 Å². The Kier molecular flexibility index (Phi) is 4.82. The smallest absolute Gasteiger partial charge is 0.263 e. The zero-order valence-corrected chi connectivity index (χ0v) is 14.3. The van der Waals surface area contributed by atoms with E-state index in [0.717, 1.165) is 0 Å². The number of hydrogen-bond donors (Lipinski definition) is 1. The second-order valence-corrected chi connectivity index (χ2v) is 6.83. The maximum Gasteiger partial charge on any atom is 0.263 e. The lowest BCUT2D eigenvalue weighted by Gasteiger charge is -2.09. The maximum atomic E-state index is 12.5. The number of Topliss-reactive ketones (excluding diaryl/α,β-unsaturated/α-hetero) is 1. The SMILES string of the molecule is C=CCn1c(SCC(=O)c2ccc(O)cc2)nc2sccc2c1=O. The van der Waals surface area contributed by atoms with Crippen LogP contribution in [-0.4, -0.2) is 26.2 Å². The van der Waals surface area contributed by atoms with Crippen LogP contribution in [0.1, 0.15) is 10.4 Å². The number of thioether (sulfide) groups is 1. The topological polar surface area (TPSA) is 72.2 Å². The molecule has 3 rings (SSSR count). The molecular weight excluding hydrogens is 344 g/mol. The Labute approximate surface area is 146 Å². The zero-order chi connectivity index (χ0) is 17.1. The molecule has 0 aliphatic rings. The summed E-state index contributed by atoms with van der Waals surface area (Å²) in [6, 6.07) is 7.85. The van der Waals surface area contributed by atoms with Gasteiger partial charge in [-0.15, -0.1) is 17.9 Å². The highest BCUT2D eigenvalue weighted by Gasteiger charge is 2.14. The van der Waals surface area contributed by atoms with Gasteiger partial charge in [0.15, 0.2) is 10.9 Å². The van der Waals surface area contributed by atoms with Crippen LogP contribution in [0.5, 0.6) is 5.75 Å². The molecule has 0 saturated carbocycles. The molecule has 1 N–H and O–H groups in total. The first-order chi connectivity index (χ1) is 11.6. The fraction of sp³-hybridized carbons (Fsp3) is 0.118. The molecule has 0 saturated heterocycles. The standard InChI is InChI=1S/C17H14N2O3S2/c1-2-8-19-16(22)13-7-9-23-15(13)18-17(19)24-10-14(21)11-3-5-12(20)6-4-11/h2-7,9,20H,1,8,10H2. The fourth-order valence-corrected chi connectivity index (χ4v) is 3.90. The number of ketones is 1. The minimum Gasteiger partial charge on any atom is -0.508 e. The van der Waals surface area contributed by atoms with Crippen molar-refractivity contribution in [1.29, 1.82) is 0 Å². The second kappa shape index (κ2) is 7.02. The molecule has 0 bridgehead atoms. The van der Waals surface area contributed by atoms with Crippen LogP contribution < -0.4 is 5.56 Å². The molecule has 24 heavy (non-hydrogen) atoms. The van der Waals surface area contributed by atoms with E-state index in [2.05, 4.69) is 11.6 Å². The summed E-state index contributed by atoms with van der Waals surface area (Å²) in [5, 5.41) is 12.2. The Morgan fingerprint density at radius 2 is 2.08 bits per heavy atom. The number of aromatic hydroxyl groups is 1. The number of carbonyl (C=O) groups excluding carboxylic acids is 1. The summed E-state index contributed by atoms with van der Waals surface area (Å²) in [6.45, 7) is 4.01. The molecule has 0 fully saturated rings. The van der Waals surface area contributed by atoms with Crippen molar-refractivity contribution in [1.82, 2.24) is 9.55 Å². The predicted molar refractivity (Wildman–Crippen MR) is 97.2 cm³/mol. The van der Waals surface area contributed by atoms with Crippen LogP contribution in [0.4, 0.5) is 0 Å². The molecule has 122 valence electrons. The van der Waals surface area contributed by atoms with Gasteiger partial charge in [-0.2, -0.15) is 0 Å². The normalized spacial score (nSPS) is 10.8. The van der Waals surface area contributed by atoms with Gasteiger partial charge >= 0.3 is 0 Å². The largest absolute Gasteiger partial charge is 0.508 e. The van der Waals surface area contributed by atoms with E-state index >= 15 is 0 Å². The molecule has 0 radical (unpaired) electrons. The number of nitrogens with zero attached hydrogens (tertiary/aromatic N) is 2. The number of phenols is 1. The van der Waals surface area contributed by atoms with E-state index < -0.39 is 0 Å². The zero-order valence-electron chi connectivity index (χ0n) is 12.6. The van der Waals surface area contributed by atoms with Crippen LogP contribution in [0.15, 0.2) is 58.3 Å². The monoisotopic (exact) mass is 358 g/mol. The molecule has 0 aliphatic carbocycles. The molecule has 0 unspecified atom stereocenters. The fourth-order valence-electron chi connectivity index (χ4n) is 2.19. The average Bonchev–Trinajstić information content (AvgIpc) is 3.05. The molecular formula is C17H14N2O3S2. The molecule has 3 aromatic rings. The van der Waals surface area contributed by atoms with Gasteiger partial charge in [-0.05, 0) is 35.7 Å². The lowest BCUT2D eigenvalue weighted by Crippen LogP contribution is -2.22. The highest BCUT2D eigenvalue weighted by molar-refractivity contribution is 7.99. The molecule has 2 heterocycles. The molecule has 7 heteroatoms. The highest BCUT2D eigenvalue weighted by atomic mass is 32.2. The highest BCUT2D eigenvalue weighted by Crippen LogP contribution is 2.22. The van der Waals surface area contributed by atoms with Gasteiger partial charge in [-0.3, -0.25) is 14.2 Å². The van der Waals surface area contributed by atoms with Gasteiger partial charge in [0.05, 0.1) is 11.1 Å². The van der Waals surface area contributed by atoms with Crippen LogP contribution >= 0.6 is 23.1 Å². The molecule has 1 aromatic carbocycles. The Bertz CT molecular complexity index is 958. The van der Waals surface area contributed by atoms with Crippen molar-refractivity contribution in [3.8, 4) is 5.75 Å². The van der Waals surface area contributed by atoms with E-state index in [-0.39, 0.29) is 22.8 Å². The molecule has 0 aliphatic heterocycles. The number of phenolic OH excluding ortho intramolecular Hbond substituents is 1. The number of hydrogen-bond acceptors (Lipinski definition) is 6. The Hall–Kier alpha value is -2.38. The minimum absolute atomic E-state index is 0.0920. The Morgan fingerprint density at radius 1 is 1.33 bits per heavy atom. The summed E-state index contributed by atoms with van der Waals surface area (Å²) in [4.78, 5) is 29.9. The lowest BCUT2D eigenvalue weighted by molar-refractivity contribution is 0.102. The number of rotatable bonds is 6. The van der Waals surface area contributed by atoms with E-state index in [1.54, 1.807) is 24.3 Å². The van der Waals surface area contributed by atoms with Crippen molar-refractivity contribution in [2.75, 3.05) is 5.75 Å². The number of allylic oxidation sites excluding steroid dienone is 1. The van der Waals surface area contributed by atoms with Crippen LogP contribution in [-0.2, 0) is 6.54 Å². The average molecular weight is 358 g/mol. The molecule has 5 nitrogen and oxygen atoms in total. The van der Waals surface area contributed by atoms with Crippen LogP contribution in [0, 0.1) is 0 Å². The van der Waals surface area contributed by atoms with Gasteiger partial charge in [-0.1, -0.05) is 17.8 Å². The Balaban J connectivity index is 1.87. The molecule has 0 spiro atoms. The summed E-state index contributed by atoms with van der Waals surface area (Å²) in [6.07, 6.45) is 1.63. The molecule has 0 amide bonds. The predicted octanol–water partition coefficient (Wildman–Crippen LogP) is 3.32. The summed E-state index contributed by atoms with van der Waals surface area (Å²) in [5.74, 6) is 0.181. The van der Waals surface area contributed by atoms with Crippen molar-refractivity contribution in [3.63, 3.8) is 0 Å². The second-order valence-electron chi connectivity index (χ2n) is 5.00. The van der Waals surface area contributed by atoms with E-state index in [4.69, 9.17) is 0 Å². The summed E-state index contributed by atoms with van der Waals surface area (Å²) in [7, 11) is 0. The first-order valence-electron chi connectivity index (χ1n) is 7.14. The number of benzene rings is 1. The van der Waals surface area contributed by atoms with E-state index in [9.17, 15) is 14.7 Å². The summed E-state index contributed by atoms with van der Waals surface area (Å²) < 4.78 is 1.52. The third kappa shape index (κ3) is 3.27. The number of carbonyl (C=O) groups is 1. The van der Waals surface area contributed by atoms with Gasteiger partial charge in [-0.25, -0.2) is 4.98 Å². The van der Waals surface area contributed by atoms with Crippen molar-refractivity contribution in [2.45, 2.75) is 11.7 Å². The van der Waals surface area contributed by atoms with Crippen molar-refractivity contribution < 1.29 is 9.90 Å². The lowest BCUT2D eigenvalue weighted by atomic mass is 10.1. The molecule has 2 aromatic heterocycles. The van der Waals surface area contributed by atoms with Gasteiger partial charge in [0.2, 0.25) is 0 Å². The minimum atomic E-state index is -0.124. The van der Waals surface area contributed by atoms with E-state index in [0.29, 0.717) is 27.5 Å². The van der Waals surface area contributed by atoms with Gasteiger partial charge in [0, 0.05) is 12.1 Å². The summed E-state index contributed by atoms with van der Waals surface area (Å²) in [5.41, 5.74) is 0.385. The first kappa shape index (κ1) is 16.5. The van der Waals surface area contributed by atoms with Crippen LogP contribution in [0.3, 0.4) is 0 Å². The summed E-state index contributed by atoms with van der Waals surface area (Å²) >= 11 is 2.62. The first-order valence-corrected chi connectivity index (χ1v) is 9.00. The van der Waals surface area contributed by atoms with Crippen molar-refractivity contribution in [3.05, 3.63) is 64.3 Å². The number of fused-ring (bicyclic) bond motifs is 1. The van der Waals surface area contributed by atoms with Crippen molar-refractivity contribution in [2.24, 2.45) is 0 Å². The maximum absolute atomic E-state index is 12.5. The number of thiophene rings is 1. The van der Waals surface area contributed by atoms with Crippen LogP contribution in [0.2, 0.25) is 0 Å². The Morgan fingerprint density at radius 3 is 2.79 bits per heavy atom. The van der Waals surface area contributed by atoms with Gasteiger partial charge in [0.25, 0.3) is 5.56 Å². The third-order valence-corrected chi connectivity index (χ3v) is 5.16. The van der Waals surface area contributed by atoms with E-state index in [1.165, 1.54) is 39.8 Å².